The van der Waals surface area contributed by atoms with E-state index >= 15 is 0 Å². The van der Waals surface area contributed by atoms with Gasteiger partial charge >= 0.3 is 0 Å². The minimum atomic E-state index is -0.833. The van der Waals surface area contributed by atoms with E-state index in [1.54, 1.807) is 0 Å². The summed E-state index contributed by atoms with van der Waals surface area (Å²) in [6.07, 6.45) is 4.37. The van der Waals surface area contributed by atoms with Crippen molar-refractivity contribution in [2.24, 2.45) is 0 Å². The first-order chi connectivity index (χ1) is 15.4. The first-order valence-corrected chi connectivity index (χ1v) is 11.1. The normalized spacial score (nSPS) is 12.0. The molecule has 1 aliphatic rings. The second-order valence-electron chi connectivity index (χ2n) is 7.98. The Kier molecular flexibility index (Phi) is 7.92. The van der Waals surface area contributed by atoms with Gasteiger partial charge in [0.1, 0.15) is 11.5 Å². The monoisotopic (exact) mass is 436 g/mol. The predicted octanol–water partition coefficient (Wildman–Crippen LogP) is 5.59. The Morgan fingerprint density at radius 1 is 1.16 bits per heavy atom. The molecular formula is C26H32N2O4. The number of nitrogens with one attached hydrogen (secondary N) is 1. The molecule has 1 aromatic heterocycles. The molecule has 0 unspecified atom stereocenters. The Hall–Kier alpha value is -3.28. The van der Waals surface area contributed by atoms with Gasteiger partial charge in [-0.25, -0.2) is 4.98 Å². The summed E-state index contributed by atoms with van der Waals surface area (Å²) in [4.78, 5) is 13.7. The van der Waals surface area contributed by atoms with E-state index in [0.29, 0.717) is 12.5 Å². The maximum atomic E-state index is 9.00. The summed E-state index contributed by atoms with van der Waals surface area (Å²) in [7, 11) is 0. The smallest absolute Gasteiger partial charge is 0.300 e. The van der Waals surface area contributed by atoms with Gasteiger partial charge in [-0.3, -0.25) is 4.79 Å². The first-order valence-electron chi connectivity index (χ1n) is 11.1. The van der Waals surface area contributed by atoms with Crippen LogP contribution in [-0.2, 0) is 24.1 Å². The third-order valence-electron chi connectivity index (χ3n) is 5.41. The molecule has 0 atom stereocenters. The SMILES string of the molecule is CC(=O)O.CCNc1ccc(-c2nc(CCOc3ccc4c(c3)CCC4)c(C)o2)c(C)c1. The maximum absolute atomic E-state index is 9.00. The summed E-state index contributed by atoms with van der Waals surface area (Å²) in [5.74, 6) is 1.67. The minimum absolute atomic E-state index is 0.601. The lowest BCUT2D eigenvalue weighted by molar-refractivity contribution is -0.134. The molecule has 1 aliphatic carbocycles. The van der Waals surface area contributed by atoms with Crippen LogP contribution in [0.15, 0.2) is 40.8 Å². The van der Waals surface area contributed by atoms with Gasteiger partial charge in [0.15, 0.2) is 0 Å². The number of oxazole rings is 1. The van der Waals surface area contributed by atoms with Crippen molar-refractivity contribution in [2.45, 2.75) is 53.4 Å². The fourth-order valence-corrected chi connectivity index (χ4v) is 3.90. The summed E-state index contributed by atoms with van der Waals surface area (Å²) in [5, 5.41) is 10.8. The van der Waals surface area contributed by atoms with Crippen molar-refractivity contribution in [2.75, 3.05) is 18.5 Å². The van der Waals surface area contributed by atoms with E-state index < -0.39 is 5.97 Å². The van der Waals surface area contributed by atoms with Crippen LogP contribution in [0.4, 0.5) is 5.69 Å². The largest absolute Gasteiger partial charge is 0.493 e. The van der Waals surface area contributed by atoms with Gasteiger partial charge in [0.2, 0.25) is 5.89 Å². The highest BCUT2D eigenvalue weighted by Crippen LogP contribution is 2.28. The third-order valence-corrected chi connectivity index (χ3v) is 5.41. The van der Waals surface area contributed by atoms with Gasteiger partial charge in [-0.2, -0.15) is 0 Å². The summed E-state index contributed by atoms with van der Waals surface area (Å²) in [6, 6.07) is 12.8. The molecule has 0 saturated carbocycles. The highest BCUT2D eigenvalue weighted by Gasteiger charge is 2.15. The summed E-state index contributed by atoms with van der Waals surface area (Å²) < 4.78 is 11.9. The summed E-state index contributed by atoms with van der Waals surface area (Å²) in [6.45, 7) is 8.75. The van der Waals surface area contributed by atoms with Crippen LogP contribution in [-0.4, -0.2) is 29.2 Å². The lowest BCUT2D eigenvalue weighted by atomic mass is 10.1. The average molecular weight is 437 g/mol. The number of ether oxygens (including phenoxy) is 1. The highest BCUT2D eigenvalue weighted by atomic mass is 16.5. The number of nitrogens with zero attached hydrogens (tertiary/aromatic N) is 1. The molecule has 32 heavy (non-hydrogen) atoms. The number of hydrogen-bond acceptors (Lipinski definition) is 5. The number of fused-ring (bicyclic) bond motifs is 1. The molecular weight excluding hydrogens is 404 g/mol. The molecule has 2 aromatic carbocycles. The van der Waals surface area contributed by atoms with Gasteiger partial charge in [-0.05, 0) is 87.1 Å². The van der Waals surface area contributed by atoms with E-state index in [2.05, 4.69) is 55.6 Å². The van der Waals surface area contributed by atoms with Gasteiger partial charge < -0.3 is 19.6 Å². The molecule has 0 spiro atoms. The second-order valence-corrected chi connectivity index (χ2v) is 7.98. The van der Waals surface area contributed by atoms with Crippen LogP contribution in [0.3, 0.4) is 0 Å². The Morgan fingerprint density at radius 3 is 2.62 bits per heavy atom. The van der Waals surface area contributed by atoms with Crippen molar-refractivity contribution in [3.8, 4) is 17.2 Å². The number of carboxylic acid groups (broad SMARTS) is 1. The Balaban J connectivity index is 0.000000668. The summed E-state index contributed by atoms with van der Waals surface area (Å²) in [5.41, 5.74) is 7.19. The number of benzene rings is 2. The van der Waals surface area contributed by atoms with Crippen molar-refractivity contribution in [1.82, 2.24) is 4.98 Å². The molecule has 2 N–H and O–H groups in total. The molecule has 4 rings (SSSR count). The molecule has 0 amide bonds. The number of anilines is 1. The Morgan fingerprint density at radius 2 is 1.91 bits per heavy atom. The van der Waals surface area contributed by atoms with Crippen LogP contribution in [0, 0.1) is 13.8 Å². The zero-order valence-corrected chi connectivity index (χ0v) is 19.3. The molecule has 0 saturated heterocycles. The topological polar surface area (TPSA) is 84.6 Å². The number of aromatic nitrogens is 1. The molecule has 6 nitrogen and oxygen atoms in total. The van der Waals surface area contributed by atoms with Crippen molar-refractivity contribution in [3.05, 3.63) is 64.5 Å². The molecule has 3 aromatic rings. The van der Waals surface area contributed by atoms with Crippen LogP contribution >= 0.6 is 0 Å². The van der Waals surface area contributed by atoms with Crippen molar-refractivity contribution in [1.29, 1.82) is 0 Å². The van der Waals surface area contributed by atoms with Crippen molar-refractivity contribution < 1.29 is 19.1 Å². The number of carbonyl (C=O) groups is 1. The van der Waals surface area contributed by atoms with E-state index in [0.717, 1.165) is 53.9 Å². The number of carboxylic acids is 1. The number of aryl methyl sites for hydroxylation is 4. The van der Waals surface area contributed by atoms with E-state index in [1.165, 1.54) is 30.4 Å². The average Bonchev–Trinajstić information content (AvgIpc) is 3.34. The molecule has 170 valence electrons. The Bertz CT molecular complexity index is 1070. The van der Waals surface area contributed by atoms with E-state index in [9.17, 15) is 0 Å². The first kappa shape index (κ1) is 23.4. The highest BCUT2D eigenvalue weighted by molar-refractivity contribution is 5.64. The van der Waals surface area contributed by atoms with Crippen molar-refractivity contribution >= 4 is 11.7 Å². The van der Waals surface area contributed by atoms with E-state index in [4.69, 9.17) is 24.0 Å². The van der Waals surface area contributed by atoms with Crippen LogP contribution in [0.1, 0.15) is 48.4 Å². The van der Waals surface area contributed by atoms with Gasteiger partial charge in [0.25, 0.3) is 5.97 Å². The van der Waals surface area contributed by atoms with Crippen molar-refractivity contribution in [3.63, 3.8) is 0 Å². The number of aliphatic carboxylic acids is 1. The number of hydrogen-bond donors (Lipinski definition) is 2. The predicted molar refractivity (Wildman–Crippen MR) is 127 cm³/mol. The second kappa shape index (κ2) is 10.8. The molecule has 0 radical (unpaired) electrons. The molecule has 0 aliphatic heterocycles. The fraction of sp³-hybridized carbons (Fsp3) is 0.385. The molecule has 6 heteroatoms. The van der Waals surface area contributed by atoms with Crippen LogP contribution in [0.2, 0.25) is 0 Å². The lowest BCUT2D eigenvalue weighted by Crippen LogP contribution is -2.03. The van der Waals surface area contributed by atoms with E-state index in [1.807, 2.05) is 6.92 Å². The summed E-state index contributed by atoms with van der Waals surface area (Å²) >= 11 is 0. The quantitative estimate of drug-likeness (QED) is 0.502. The van der Waals surface area contributed by atoms with Gasteiger partial charge in [-0.1, -0.05) is 6.07 Å². The minimum Gasteiger partial charge on any atom is -0.493 e. The molecule has 0 fully saturated rings. The fourth-order valence-electron chi connectivity index (χ4n) is 3.90. The molecule has 1 heterocycles. The van der Waals surface area contributed by atoms with E-state index in [-0.39, 0.29) is 0 Å². The van der Waals surface area contributed by atoms with Crippen LogP contribution in [0.5, 0.6) is 5.75 Å². The van der Waals surface area contributed by atoms with Gasteiger partial charge in [-0.15, -0.1) is 0 Å². The number of rotatable bonds is 7. The van der Waals surface area contributed by atoms with Crippen LogP contribution in [0.25, 0.3) is 11.5 Å². The Labute approximate surface area is 189 Å². The molecule has 0 bridgehead atoms. The van der Waals surface area contributed by atoms with Gasteiger partial charge in [0.05, 0.1) is 12.3 Å². The van der Waals surface area contributed by atoms with Crippen LogP contribution < -0.4 is 10.1 Å². The third kappa shape index (κ3) is 6.13. The maximum Gasteiger partial charge on any atom is 0.300 e. The van der Waals surface area contributed by atoms with Gasteiger partial charge in [0, 0.05) is 31.1 Å². The lowest BCUT2D eigenvalue weighted by Gasteiger charge is -2.07. The zero-order valence-electron chi connectivity index (χ0n) is 19.3. The standard InChI is InChI=1S/C24H28N2O2.C2H4O2/c1-4-25-20-9-11-22(16(2)14-20)24-26-23(17(3)28-24)12-13-27-21-10-8-18-6-5-7-19(18)15-21;1-2(3)4/h8-11,14-15,25H,4-7,12-13H2,1-3H3;1H3,(H,3,4). The zero-order chi connectivity index (χ0) is 23.1.